The van der Waals surface area contributed by atoms with Crippen molar-refractivity contribution < 1.29 is 48.7 Å². The molecule has 242 valence electrons. The number of benzene rings is 1. The van der Waals surface area contributed by atoms with Crippen LogP contribution in [0.1, 0.15) is 96.9 Å². The number of phenolic OH excluding ortho intramolecular Hbond substituents is 1. The average molecular weight is 624 g/mol. The molecule has 4 aliphatic rings. The average Bonchev–Trinajstić information content (AvgIpc) is 3.29. The summed E-state index contributed by atoms with van der Waals surface area (Å²) in [7, 11) is 0. The van der Waals surface area contributed by atoms with Gasteiger partial charge in [-0.05, 0) is 65.4 Å². The first-order valence-corrected chi connectivity index (χ1v) is 15.1. The number of aliphatic hydroxyl groups excluding tert-OH is 1. The molecule has 1 amide bonds. The van der Waals surface area contributed by atoms with Crippen molar-refractivity contribution >= 4 is 23.3 Å². The first-order valence-electron chi connectivity index (χ1n) is 15.1. The molecule has 0 spiro atoms. The molecule has 5 bridgehead atoms. The number of fused-ring (bicyclic) bond motifs is 14. The van der Waals surface area contributed by atoms with E-state index in [4.69, 9.17) is 14.2 Å². The van der Waals surface area contributed by atoms with Crippen LogP contribution in [0.15, 0.2) is 47.9 Å². The van der Waals surface area contributed by atoms with Gasteiger partial charge in [0.2, 0.25) is 11.6 Å². The summed E-state index contributed by atoms with van der Waals surface area (Å²) in [6.07, 6.45) is 8.30. The van der Waals surface area contributed by atoms with Gasteiger partial charge in [0.15, 0.2) is 11.6 Å². The number of carbonyl (C=O) groups is 4. The Hall–Kier alpha value is -4.06. The number of aliphatic hydroxyl groups is 2. The Bertz CT molecular complexity index is 1510. The molecule has 4 N–H and O–H groups in total. The molecule has 0 saturated heterocycles. The predicted molar refractivity (Wildman–Crippen MR) is 164 cm³/mol. The van der Waals surface area contributed by atoms with E-state index in [2.05, 4.69) is 5.32 Å². The van der Waals surface area contributed by atoms with Gasteiger partial charge in [-0.3, -0.25) is 19.2 Å². The molecule has 0 fully saturated rings. The summed E-state index contributed by atoms with van der Waals surface area (Å²) < 4.78 is 17.1. The molecular formula is C34H41NO10. The number of ketones is 3. The second-order valence-electron chi connectivity index (χ2n) is 12.4. The van der Waals surface area contributed by atoms with E-state index in [1.165, 1.54) is 13.2 Å². The molecule has 11 heteroatoms. The van der Waals surface area contributed by atoms with Gasteiger partial charge in [0, 0.05) is 23.1 Å². The number of nitrogens with one attached hydrogen (secondary N) is 1. The lowest BCUT2D eigenvalue weighted by atomic mass is 9.85. The number of hydrogen-bond donors (Lipinski definition) is 4. The zero-order valence-corrected chi connectivity index (χ0v) is 26.4. The SMILES string of the molecule is C/C1=C/C=C/C(C)CCC(OC(C)(C)O)[C@@H](C)C(O)CC/C=C/OC2Oc3c(C)c(O)c4c(c3C2=O)C(=O)C=C(NC1=O)C4=O. The number of carbonyl (C=O) groups excluding carboxylic acids is 4. The molecule has 1 aromatic rings. The van der Waals surface area contributed by atoms with Crippen molar-refractivity contribution in [1.82, 2.24) is 5.32 Å². The normalized spacial score (nSPS) is 29.2. The van der Waals surface area contributed by atoms with E-state index >= 15 is 0 Å². The van der Waals surface area contributed by atoms with Crippen LogP contribution in [0.25, 0.3) is 0 Å². The second kappa shape index (κ2) is 13.5. The minimum atomic E-state index is -1.46. The van der Waals surface area contributed by atoms with E-state index in [0.717, 1.165) is 6.08 Å². The van der Waals surface area contributed by atoms with Gasteiger partial charge in [-0.2, -0.15) is 0 Å². The Labute approximate surface area is 262 Å². The molecule has 3 heterocycles. The minimum absolute atomic E-state index is 0.0643. The Kier molecular flexibility index (Phi) is 10.2. The van der Waals surface area contributed by atoms with Gasteiger partial charge in [-0.25, -0.2) is 0 Å². The van der Waals surface area contributed by atoms with Crippen molar-refractivity contribution in [1.29, 1.82) is 0 Å². The third-order valence-corrected chi connectivity index (χ3v) is 8.20. The summed E-state index contributed by atoms with van der Waals surface area (Å²) >= 11 is 0. The van der Waals surface area contributed by atoms with E-state index in [0.29, 0.717) is 25.7 Å². The Morgan fingerprint density at radius 1 is 1.02 bits per heavy atom. The number of phenols is 1. The van der Waals surface area contributed by atoms with Gasteiger partial charge in [-0.1, -0.05) is 32.1 Å². The maximum Gasteiger partial charge on any atom is 0.304 e. The zero-order valence-electron chi connectivity index (χ0n) is 26.4. The van der Waals surface area contributed by atoms with Crippen molar-refractivity contribution in [2.24, 2.45) is 11.8 Å². The van der Waals surface area contributed by atoms with Crippen LogP contribution in [0.3, 0.4) is 0 Å². The van der Waals surface area contributed by atoms with Gasteiger partial charge >= 0.3 is 6.29 Å². The van der Waals surface area contributed by atoms with E-state index < -0.39 is 53.3 Å². The van der Waals surface area contributed by atoms with Crippen molar-refractivity contribution in [3.63, 3.8) is 0 Å². The van der Waals surface area contributed by atoms with Crippen molar-refractivity contribution in [3.8, 4) is 11.5 Å². The smallest absolute Gasteiger partial charge is 0.304 e. The summed E-state index contributed by atoms with van der Waals surface area (Å²) in [6.45, 7) is 9.93. The quantitative estimate of drug-likeness (QED) is 0.348. The molecule has 1 aliphatic carbocycles. The number of hydrogen-bond acceptors (Lipinski definition) is 10. The van der Waals surface area contributed by atoms with Crippen LogP contribution in [0, 0.1) is 18.8 Å². The standard InChI is InChI=1S/C34H41NO10/c1-17-10-9-11-18(2)32(41)35-21-16-23(37)25-26(29(21)39)28(38)20(4)31-27(25)30(40)33(44-31)43-15-8-7-12-22(36)19(3)24(14-13-17)45-34(5,6)42/h8-11,15-17,19,22,24,33,36,38,42H,7,12-14H2,1-6H3,(H,35,41)/b10-9+,15-8+,18-11-/t17?,19-,22?,24?,33?/m0/s1. The number of Topliss-reactive ketones (excluding diaryl/α,β-unsaturated/α-hetero) is 2. The lowest BCUT2D eigenvalue weighted by molar-refractivity contribution is -0.224. The summed E-state index contributed by atoms with van der Waals surface area (Å²) in [4.78, 5) is 52.9. The highest BCUT2D eigenvalue weighted by Crippen LogP contribution is 2.45. The molecule has 1 aromatic carbocycles. The minimum Gasteiger partial charge on any atom is -0.507 e. The summed E-state index contributed by atoms with van der Waals surface area (Å²) in [6, 6.07) is 0. The molecular weight excluding hydrogens is 582 g/mol. The molecule has 11 nitrogen and oxygen atoms in total. The van der Waals surface area contributed by atoms with Gasteiger partial charge < -0.3 is 34.8 Å². The van der Waals surface area contributed by atoms with Crippen LogP contribution < -0.4 is 10.1 Å². The highest BCUT2D eigenvalue weighted by Gasteiger charge is 2.44. The summed E-state index contributed by atoms with van der Waals surface area (Å²) in [5, 5.41) is 34.6. The number of aromatic hydroxyl groups is 1. The zero-order chi connectivity index (χ0) is 33.2. The molecule has 5 atom stereocenters. The van der Waals surface area contributed by atoms with Gasteiger partial charge in [0.1, 0.15) is 11.5 Å². The van der Waals surface area contributed by atoms with Crippen molar-refractivity contribution in [2.75, 3.05) is 0 Å². The first kappa shape index (κ1) is 33.8. The predicted octanol–water partition coefficient (Wildman–Crippen LogP) is 4.33. The Balaban J connectivity index is 1.68. The molecule has 45 heavy (non-hydrogen) atoms. The maximum absolute atomic E-state index is 13.4. The molecule has 0 saturated carbocycles. The van der Waals surface area contributed by atoms with E-state index in [1.807, 2.05) is 19.9 Å². The van der Waals surface area contributed by atoms with Crippen LogP contribution in [0.4, 0.5) is 0 Å². The lowest BCUT2D eigenvalue weighted by Gasteiger charge is -2.33. The highest BCUT2D eigenvalue weighted by atomic mass is 16.7. The van der Waals surface area contributed by atoms with Gasteiger partial charge in [0.05, 0.1) is 40.9 Å². The fourth-order valence-corrected chi connectivity index (χ4v) is 5.54. The van der Waals surface area contributed by atoms with Crippen LogP contribution in [0.5, 0.6) is 11.5 Å². The fourth-order valence-electron chi connectivity index (χ4n) is 5.54. The second-order valence-corrected chi connectivity index (χ2v) is 12.4. The van der Waals surface area contributed by atoms with Crippen LogP contribution in [-0.4, -0.2) is 62.9 Å². The molecule has 5 rings (SSSR count). The molecule has 0 aromatic heterocycles. The first-order chi connectivity index (χ1) is 21.1. The summed E-state index contributed by atoms with van der Waals surface area (Å²) in [5.74, 6) is -5.15. The van der Waals surface area contributed by atoms with Crippen molar-refractivity contribution in [3.05, 3.63) is 70.2 Å². The maximum atomic E-state index is 13.4. The van der Waals surface area contributed by atoms with Crippen LogP contribution >= 0.6 is 0 Å². The van der Waals surface area contributed by atoms with Crippen molar-refractivity contribution in [2.45, 2.75) is 91.5 Å². The number of rotatable bonds is 2. The number of amides is 1. The molecule has 4 unspecified atom stereocenters. The van der Waals surface area contributed by atoms with Crippen LogP contribution in [0.2, 0.25) is 0 Å². The lowest BCUT2D eigenvalue weighted by Crippen LogP contribution is -2.38. The Morgan fingerprint density at radius 2 is 1.73 bits per heavy atom. The topological polar surface area (TPSA) is 169 Å². The number of ether oxygens (including phenoxy) is 3. The third kappa shape index (κ3) is 7.43. The fraction of sp³-hybridized carbons (Fsp3) is 0.471. The van der Waals surface area contributed by atoms with E-state index in [9.17, 15) is 34.5 Å². The monoisotopic (exact) mass is 623 g/mol. The summed E-state index contributed by atoms with van der Waals surface area (Å²) in [5.41, 5.74) is -0.877. The third-order valence-electron chi connectivity index (χ3n) is 8.20. The van der Waals surface area contributed by atoms with Crippen LogP contribution in [-0.2, 0) is 14.3 Å². The molecule has 0 radical (unpaired) electrons. The van der Waals surface area contributed by atoms with Gasteiger partial charge in [-0.15, -0.1) is 0 Å². The van der Waals surface area contributed by atoms with Gasteiger partial charge in [0.25, 0.3) is 5.91 Å². The highest BCUT2D eigenvalue weighted by molar-refractivity contribution is 6.30. The van der Waals surface area contributed by atoms with E-state index in [-0.39, 0.29) is 51.1 Å². The largest absolute Gasteiger partial charge is 0.507 e. The Morgan fingerprint density at radius 3 is 2.42 bits per heavy atom. The van der Waals surface area contributed by atoms with E-state index in [1.54, 1.807) is 39.0 Å². The molecule has 3 aliphatic heterocycles. The number of allylic oxidation sites excluding steroid dienone is 6.